The van der Waals surface area contributed by atoms with Gasteiger partial charge in [0.25, 0.3) is 0 Å². The molecular formula is C15H19BrClN3O2. The van der Waals surface area contributed by atoms with E-state index < -0.39 is 5.92 Å². The third kappa shape index (κ3) is 3.45. The van der Waals surface area contributed by atoms with Crippen molar-refractivity contribution < 1.29 is 9.59 Å². The van der Waals surface area contributed by atoms with Gasteiger partial charge in [-0.25, -0.2) is 0 Å². The van der Waals surface area contributed by atoms with Crippen LogP contribution in [0.25, 0.3) is 0 Å². The van der Waals surface area contributed by atoms with Crippen LogP contribution in [0, 0.1) is 5.92 Å². The van der Waals surface area contributed by atoms with Gasteiger partial charge in [-0.3, -0.25) is 9.59 Å². The largest absolute Gasteiger partial charge is 0.339 e. The Labute approximate surface area is 144 Å². The molecule has 2 amide bonds. The second kappa shape index (κ2) is 7.44. The molecule has 2 heterocycles. The predicted molar refractivity (Wildman–Crippen MR) is 91.3 cm³/mol. The molecule has 5 nitrogen and oxygen atoms in total. The summed E-state index contributed by atoms with van der Waals surface area (Å²) in [6.45, 7) is 3.61. The fraction of sp³-hybridized carbons (Fsp3) is 0.467. The summed E-state index contributed by atoms with van der Waals surface area (Å²) in [7, 11) is 0. The second-order valence-corrected chi connectivity index (χ2v) is 6.30. The number of halogens is 2. The first kappa shape index (κ1) is 17.2. The average molecular weight is 389 g/mol. The Balaban J connectivity index is 0.00000176. The van der Waals surface area contributed by atoms with Gasteiger partial charge in [-0.05, 0) is 24.6 Å². The highest BCUT2D eigenvalue weighted by atomic mass is 79.9. The third-order valence-corrected chi connectivity index (χ3v) is 4.55. The van der Waals surface area contributed by atoms with E-state index in [1.54, 1.807) is 4.90 Å². The van der Waals surface area contributed by atoms with Gasteiger partial charge >= 0.3 is 0 Å². The van der Waals surface area contributed by atoms with Gasteiger partial charge in [0, 0.05) is 42.9 Å². The Hall–Kier alpha value is -1.11. The van der Waals surface area contributed by atoms with Crippen LogP contribution in [0.4, 0.5) is 5.69 Å². The molecule has 7 heteroatoms. The molecule has 0 aromatic heterocycles. The minimum absolute atomic E-state index is 0. The maximum absolute atomic E-state index is 12.5. The van der Waals surface area contributed by atoms with Gasteiger partial charge in [0.15, 0.2) is 0 Å². The number of nitrogens with one attached hydrogen (secondary N) is 1. The zero-order valence-electron chi connectivity index (χ0n) is 12.1. The predicted octanol–water partition coefficient (Wildman–Crippen LogP) is 1.66. The van der Waals surface area contributed by atoms with Crippen LogP contribution < -0.4 is 10.2 Å². The number of rotatable bonds is 2. The van der Waals surface area contributed by atoms with Gasteiger partial charge in [-0.15, -0.1) is 12.4 Å². The van der Waals surface area contributed by atoms with Crippen LogP contribution in [0.3, 0.4) is 0 Å². The van der Waals surface area contributed by atoms with Crippen LogP contribution >= 0.6 is 28.3 Å². The fourth-order valence-corrected chi connectivity index (χ4v) is 3.30. The van der Waals surface area contributed by atoms with Crippen molar-refractivity contribution in [2.24, 2.45) is 5.92 Å². The highest BCUT2D eigenvalue weighted by molar-refractivity contribution is 9.10. The molecule has 0 bridgehead atoms. The molecule has 1 N–H and O–H groups in total. The molecule has 1 atom stereocenters. The van der Waals surface area contributed by atoms with Gasteiger partial charge in [0.05, 0.1) is 0 Å². The lowest BCUT2D eigenvalue weighted by Crippen LogP contribution is -2.49. The van der Waals surface area contributed by atoms with Crippen molar-refractivity contribution in [3.63, 3.8) is 0 Å². The summed E-state index contributed by atoms with van der Waals surface area (Å²) in [5, 5.41) is 3.22. The first-order valence-electron chi connectivity index (χ1n) is 7.23. The highest BCUT2D eigenvalue weighted by Gasteiger charge is 2.39. The number of carbonyl (C=O) groups excluding carboxylic acids is 2. The molecule has 0 radical (unpaired) electrons. The number of hydrogen-bond donors (Lipinski definition) is 1. The average Bonchev–Trinajstić information content (AvgIpc) is 2.89. The van der Waals surface area contributed by atoms with E-state index in [2.05, 4.69) is 21.2 Å². The molecule has 2 fully saturated rings. The summed E-state index contributed by atoms with van der Waals surface area (Å²) in [5.74, 6) is -0.599. The van der Waals surface area contributed by atoms with Crippen LogP contribution in [0.5, 0.6) is 0 Å². The minimum atomic E-state index is -0.512. The van der Waals surface area contributed by atoms with Crippen molar-refractivity contribution in [3.05, 3.63) is 28.7 Å². The van der Waals surface area contributed by atoms with E-state index in [-0.39, 0.29) is 24.2 Å². The highest BCUT2D eigenvalue weighted by Crippen LogP contribution is 2.28. The quantitative estimate of drug-likeness (QED) is 0.784. The Bertz CT molecular complexity index is 563. The zero-order chi connectivity index (χ0) is 14.8. The molecule has 120 valence electrons. The van der Waals surface area contributed by atoms with Crippen LogP contribution in [-0.4, -0.2) is 49.4 Å². The second-order valence-electron chi connectivity index (χ2n) is 5.39. The lowest BCUT2D eigenvalue weighted by atomic mass is 10.1. The Morgan fingerprint density at radius 1 is 1.23 bits per heavy atom. The first-order valence-corrected chi connectivity index (χ1v) is 8.02. The van der Waals surface area contributed by atoms with E-state index in [4.69, 9.17) is 0 Å². The van der Waals surface area contributed by atoms with Crippen LogP contribution in [-0.2, 0) is 9.59 Å². The van der Waals surface area contributed by atoms with Crippen molar-refractivity contribution in [2.45, 2.75) is 6.42 Å². The van der Waals surface area contributed by atoms with Crippen LogP contribution in [0.1, 0.15) is 6.42 Å². The van der Waals surface area contributed by atoms with Crippen molar-refractivity contribution in [3.8, 4) is 0 Å². The van der Waals surface area contributed by atoms with Gasteiger partial charge in [0.1, 0.15) is 5.92 Å². The van der Waals surface area contributed by atoms with E-state index in [0.717, 1.165) is 23.2 Å². The van der Waals surface area contributed by atoms with Gasteiger partial charge in [0.2, 0.25) is 11.8 Å². The maximum Gasteiger partial charge on any atom is 0.239 e. The first-order chi connectivity index (χ1) is 10.2. The Kier molecular flexibility index (Phi) is 5.83. The molecule has 0 aliphatic carbocycles. The summed E-state index contributed by atoms with van der Waals surface area (Å²) < 4.78 is 0.935. The van der Waals surface area contributed by atoms with E-state index >= 15 is 0 Å². The number of amides is 2. The summed E-state index contributed by atoms with van der Waals surface area (Å²) in [6.07, 6.45) is 0.605. The molecule has 0 spiro atoms. The number of hydrogen-bond acceptors (Lipinski definition) is 3. The molecule has 3 rings (SSSR count). The van der Waals surface area contributed by atoms with E-state index in [0.29, 0.717) is 26.1 Å². The number of benzene rings is 1. The molecular weight excluding hydrogens is 370 g/mol. The van der Waals surface area contributed by atoms with Crippen molar-refractivity contribution >= 4 is 45.8 Å². The summed E-state index contributed by atoms with van der Waals surface area (Å²) in [5.41, 5.74) is 0.852. The normalized spacial score (nSPS) is 21.7. The number of carbonyl (C=O) groups is 2. The zero-order valence-corrected chi connectivity index (χ0v) is 14.5. The Morgan fingerprint density at radius 3 is 2.64 bits per heavy atom. The standard InChI is InChI=1S/C15H18BrN3O2.ClH/c16-11-2-1-3-12(10-11)19-7-4-13(15(19)21)14(20)18-8-5-17-6-9-18;/h1-3,10,13,17H,4-9H2;1H. The number of piperazine rings is 1. The van der Waals surface area contributed by atoms with E-state index in [1.807, 2.05) is 29.2 Å². The molecule has 2 saturated heterocycles. The van der Waals surface area contributed by atoms with Crippen molar-refractivity contribution in [1.29, 1.82) is 0 Å². The summed E-state index contributed by atoms with van der Waals surface area (Å²) >= 11 is 3.42. The molecule has 2 aliphatic rings. The number of nitrogens with zero attached hydrogens (tertiary/aromatic N) is 2. The summed E-state index contributed by atoms with van der Waals surface area (Å²) in [6, 6.07) is 7.64. The Morgan fingerprint density at radius 2 is 1.95 bits per heavy atom. The SMILES string of the molecule is Cl.O=C(C1CCN(c2cccc(Br)c2)C1=O)N1CCNCC1. The minimum Gasteiger partial charge on any atom is -0.339 e. The monoisotopic (exact) mass is 387 g/mol. The molecule has 1 aromatic carbocycles. The van der Waals surface area contributed by atoms with Crippen molar-refractivity contribution in [1.82, 2.24) is 10.2 Å². The number of anilines is 1. The van der Waals surface area contributed by atoms with E-state index in [9.17, 15) is 9.59 Å². The van der Waals surface area contributed by atoms with Gasteiger partial charge < -0.3 is 15.1 Å². The van der Waals surface area contributed by atoms with Crippen LogP contribution in [0.2, 0.25) is 0 Å². The molecule has 22 heavy (non-hydrogen) atoms. The molecule has 0 saturated carbocycles. The fourth-order valence-electron chi connectivity index (χ4n) is 2.92. The molecule has 2 aliphatic heterocycles. The lowest BCUT2D eigenvalue weighted by molar-refractivity contribution is -0.140. The molecule has 1 unspecified atom stereocenters. The maximum atomic E-state index is 12.5. The summed E-state index contributed by atoms with van der Waals surface area (Å²) in [4.78, 5) is 28.6. The van der Waals surface area contributed by atoms with Gasteiger partial charge in [-0.2, -0.15) is 0 Å². The smallest absolute Gasteiger partial charge is 0.239 e. The van der Waals surface area contributed by atoms with Gasteiger partial charge in [-0.1, -0.05) is 22.0 Å². The van der Waals surface area contributed by atoms with E-state index in [1.165, 1.54) is 0 Å². The topological polar surface area (TPSA) is 52.7 Å². The lowest BCUT2D eigenvalue weighted by Gasteiger charge is -2.29. The molecule has 1 aromatic rings. The van der Waals surface area contributed by atoms with Crippen molar-refractivity contribution in [2.75, 3.05) is 37.6 Å². The third-order valence-electron chi connectivity index (χ3n) is 4.05. The van der Waals surface area contributed by atoms with Crippen LogP contribution in [0.15, 0.2) is 28.7 Å².